The van der Waals surface area contributed by atoms with Gasteiger partial charge in [0.15, 0.2) is 5.76 Å². The van der Waals surface area contributed by atoms with Gasteiger partial charge in [-0.15, -0.1) is 0 Å². The van der Waals surface area contributed by atoms with Gasteiger partial charge in [0.05, 0.1) is 12.7 Å². The second kappa shape index (κ2) is 3.93. The lowest BCUT2D eigenvalue weighted by atomic mass is 10.1. The Kier molecular flexibility index (Phi) is 2.59. The summed E-state index contributed by atoms with van der Waals surface area (Å²) in [5, 5.41) is 0.756. The number of primary amides is 1. The SMILES string of the molecule is COC(=O)c1ccc2c(C)c(C(N)=O)oc2c1. The molecule has 0 radical (unpaired) electrons. The highest BCUT2D eigenvalue weighted by atomic mass is 16.5. The van der Waals surface area contributed by atoms with Crippen molar-refractivity contribution in [3.8, 4) is 0 Å². The number of amides is 1. The van der Waals surface area contributed by atoms with Crippen molar-refractivity contribution in [1.29, 1.82) is 0 Å². The lowest BCUT2D eigenvalue weighted by Gasteiger charge is -1.97. The van der Waals surface area contributed by atoms with Gasteiger partial charge in [-0.2, -0.15) is 0 Å². The molecule has 2 rings (SSSR count). The van der Waals surface area contributed by atoms with Crippen LogP contribution in [0.3, 0.4) is 0 Å². The maximum absolute atomic E-state index is 11.3. The van der Waals surface area contributed by atoms with E-state index in [1.54, 1.807) is 19.1 Å². The Balaban J connectivity index is 2.63. The summed E-state index contributed by atoms with van der Waals surface area (Å²) in [6.07, 6.45) is 0. The lowest BCUT2D eigenvalue weighted by Crippen LogP contribution is -2.10. The quantitative estimate of drug-likeness (QED) is 0.799. The number of methoxy groups -OCH3 is 1. The van der Waals surface area contributed by atoms with Crippen LogP contribution in [-0.4, -0.2) is 19.0 Å². The van der Waals surface area contributed by atoms with Gasteiger partial charge in [-0.05, 0) is 25.1 Å². The number of carbonyl (C=O) groups excluding carboxylic acids is 2. The molecule has 1 amide bonds. The van der Waals surface area contributed by atoms with E-state index in [4.69, 9.17) is 10.2 Å². The monoisotopic (exact) mass is 233 g/mol. The van der Waals surface area contributed by atoms with Gasteiger partial charge in [-0.1, -0.05) is 0 Å². The van der Waals surface area contributed by atoms with Gasteiger partial charge in [0.25, 0.3) is 5.91 Å². The maximum atomic E-state index is 11.3. The smallest absolute Gasteiger partial charge is 0.337 e. The van der Waals surface area contributed by atoms with Crippen LogP contribution in [0, 0.1) is 6.92 Å². The Hall–Kier alpha value is -2.30. The Labute approximate surface area is 97.1 Å². The topological polar surface area (TPSA) is 82.5 Å². The molecule has 5 nitrogen and oxygen atoms in total. The highest BCUT2D eigenvalue weighted by Gasteiger charge is 2.16. The molecule has 5 heteroatoms. The highest BCUT2D eigenvalue weighted by molar-refractivity contribution is 6.00. The average Bonchev–Trinajstić information content (AvgIpc) is 2.65. The van der Waals surface area contributed by atoms with Crippen LogP contribution < -0.4 is 5.73 Å². The molecule has 0 aliphatic carbocycles. The predicted octanol–water partition coefficient (Wildman–Crippen LogP) is 1.63. The van der Waals surface area contributed by atoms with Gasteiger partial charge < -0.3 is 14.9 Å². The van der Waals surface area contributed by atoms with Gasteiger partial charge in [0, 0.05) is 10.9 Å². The van der Waals surface area contributed by atoms with Crippen molar-refractivity contribution in [2.24, 2.45) is 5.73 Å². The number of rotatable bonds is 2. The van der Waals surface area contributed by atoms with Crippen LogP contribution in [0.4, 0.5) is 0 Å². The molecule has 1 aromatic carbocycles. The summed E-state index contributed by atoms with van der Waals surface area (Å²) in [6, 6.07) is 4.84. The fraction of sp³-hybridized carbons (Fsp3) is 0.167. The molecule has 0 aliphatic rings. The van der Waals surface area contributed by atoms with Crippen LogP contribution in [0.2, 0.25) is 0 Å². The zero-order chi connectivity index (χ0) is 12.6. The van der Waals surface area contributed by atoms with E-state index in [-0.39, 0.29) is 5.76 Å². The van der Waals surface area contributed by atoms with E-state index in [1.165, 1.54) is 13.2 Å². The van der Waals surface area contributed by atoms with E-state index in [0.717, 1.165) is 5.39 Å². The zero-order valence-electron chi connectivity index (χ0n) is 9.44. The van der Waals surface area contributed by atoms with Crippen molar-refractivity contribution in [3.63, 3.8) is 0 Å². The third-order valence-corrected chi connectivity index (χ3v) is 2.58. The number of benzene rings is 1. The summed E-state index contributed by atoms with van der Waals surface area (Å²) in [4.78, 5) is 22.4. The molecule has 88 valence electrons. The molecule has 0 spiro atoms. The van der Waals surface area contributed by atoms with Crippen LogP contribution in [0.1, 0.15) is 26.5 Å². The summed E-state index contributed by atoms with van der Waals surface area (Å²) >= 11 is 0. The Morgan fingerprint density at radius 1 is 1.35 bits per heavy atom. The minimum Gasteiger partial charge on any atom is -0.465 e. The number of nitrogens with two attached hydrogens (primary N) is 1. The molecule has 0 saturated carbocycles. The van der Waals surface area contributed by atoms with Crippen LogP contribution in [0.5, 0.6) is 0 Å². The number of fused-ring (bicyclic) bond motifs is 1. The number of hydrogen-bond acceptors (Lipinski definition) is 4. The van der Waals surface area contributed by atoms with Gasteiger partial charge in [-0.25, -0.2) is 4.79 Å². The third kappa shape index (κ3) is 1.75. The standard InChI is InChI=1S/C12H11NO4/c1-6-8-4-3-7(12(15)16-2)5-9(8)17-10(6)11(13)14/h3-5H,1-2H3,(H2,13,14). The van der Waals surface area contributed by atoms with E-state index in [2.05, 4.69) is 4.74 Å². The minimum absolute atomic E-state index is 0.113. The second-order valence-corrected chi connectivity index (χ2v) is 3.62. The first-order valence-corrected chi connectivity index (χ1v) is 4.96. The minimum atomic E-state index is -0.627. The molecule has 2 aromatic rings. The first-order valence-electron chi connectivity index (χ1n) is 4.96. The third-order valence-electron chi connectivity index (χ3n) is 2.58. The summed E-state index contributed by atoms with van der Waals surface area (Å²) in [6.45, 7) is 1.74. The highest BCUT2D eigenvalue weighted by Crippen LogP contribution is 2.26. The number of furan rings is 1. The van der Waals surface area contributed by atoms with Crippen LogP contribution in [0.15, 0.2) is 22.6 Å². The first-order chi connectivity index (χ1) is 8.04. The Morgan fingerprint density at radius 2 is 2.06 bits per heavy atom. The lowest BCUT2D eigenvalue weighted by molar-refractivity contribution is 0.0600. The fourth-order valence-corrected chi connectivity index (χ4v) is 1.71. The van der Waals surface area contributed by atoms with Gasteiger partial charge in [0.1, 0.15) is 5.58 Å². The van der Waals surface area contributed by atoms with Gasteiger partial charge in [-0.3, -0.25) is 4.79 Å². The van der Waals surface area contributed by atoms with E-state index >= 15 is 0 Å². The van der Waals surface area contributed by atoms with Crippen molar-refractivity contribution in [1.82, 2.24) is 0 Å². The number of ether oxygens (including phenoxy) is 1. The maximum Gasteiger partial charge on any atom is 0.337 e. The Morgan fingerprint density at radius 3 is 2.65 bits per heavy atom. The molecule has 0 fully saturated rings. The van der Waals surface area contributed by atoms with Crippen LogP contribution in [-0.2, 0) is 4.74 Å². The van der Waals surface area contributed by atoms with E-state index in [9.17, 15) is 9.59 Å². The molecule has 0 saturated heterocycles. The van der Waals surface area contributed by atoms with Crippen molar-refractivity contribution in [2.45, 2.75) is 6.92 Å². The van der Waals surface area contributed by atoms with Gasteiger partial charge in [0.2, 0.25) is 0 Å². The largest absolute Gasteiger partial charge is 0.465 e. The van der Waals surface area contributed by atoms with Crippen molar-refractivity contribution >= 4 is 22.8 Å². The molecule has 0 bridgehead atoms. The molecule has 17 heavy (non-hydrogen) atoms. The van der Waals surface area contributed by atoms with Crippen LogP contribution in [0.25, 0.3) is 11.0 Å². The van der Waals surface area contributed by atoms with E-state index < -0.39 is 11.9 Å². The van der Waals surface area contributed by atoms with Gasteiger partial charge >= 0.3 is 5.97 Å². The molecule has 1 aromatic heterocycles. The molecule has 0 unspecified atom stereocenters. The molecular weight excluding hydrogens is 222 g/mol. The number of hydrogen-bond donors (Lipinski definition) is 1. The number of aryl methyl sites for hydroxylation is 1. The van der Waals surface area contributed by atoms with E-state index in [0.29, 0.717) is 16.7 Å². The summed E-state index contributed by atoms with van der Waals surface area (Å²) < 4.78 is 9.91. The molecule has 2 N–H and O–H groups in total. The molecule has 1 heterocycles. The molecule has 0 atom stereocenters. The summed E-state index contributed by atoms with van der Waals surface area (Å²) in [5.74, 6) is -0.970. The normalized spacial score (nSPS) is 10.5. The number of esters is 1. The van der Waals surface area contributed by atoms with Crippen molar-refractivity contribution < 1.29 is 18.7 Å². The Bertz CT molecular complexity index is 612. The van der Waals surface area contributed by atoms with Crippen LogP contribution >= 0.6 is 0 Å². The zero-order valence-corrected chi connectivity index (χ0v) is 9.44. The average molecular weight is 233 g/mol. The second-order valence-electron chi connectivity index (χ2n) is 3.62. The summed E-state index contributed by atoms with van der Waals surface area (Å²) in [5.41, 5.74) is 6.66. The summed E-state index contributed by atoms with van der Waals surface area (Å²) in [7, 11) is 1.30. The van der Waals surface area contributed by atoms with Crippen molar-refractivity contribution in [3.05, 3.63) is 35.1 Å². The molecular formula is C12H11NO4. The van der Waals surface area contributed by atoms with Crippen molar-refractivity contribution in [2.75, 3.05) is 7.11 Å². The van der Waals surface area contributed by atoms with E-state index in [1.807, 2.05) is 0 Å². The fourth-order valence-electron chi connectivity index (χ4n) is 1.71. The molecule has 0 aliphatic heterocycles. The number of carbonyl (C=O) groups is 2. The predicted molar refractivity (Wildman–Crippen MR) is 60.8 cm³/mol. The first kappa shape index (κ1) is 11.2.